The van der Waals surface area contributed by atoms with Gasteiger partial charge in [0.15, 0.2) is 0 Å². The van der Waals surface area contributed by atoms with Gasteiger partial charge in [-0.25, -0.2) is 8.42 Å². The summed E-state index contributed by atoms with van der Waals surface area (Å²) in [5, 5.41) is 6.82. The quantitative estimate of drug-likeness (QED) is 0.811. The van der Waals surface area contributed by atoms with Crippen LogP contribution in [0.15, 0.2) is 30.5 Å². The normalized spacial score (nSPS) is 19.4. The van der Waals surface area contributed by atoms with Gasteiger partial charge in [0, 0.05) is 28.8 Å². The molecule has 0 radical (unpaired) electrons. The molecule has 0 aliphatic carbocycles. The number of fused-ring (bicyclic) bond motifs is 4. The van der Waals surface area contributed by atoms with Crippen LogP contribution in [0.1, 0.15) is 16.8 Å². The van der Waals surface area contributed by atoms with Crippen molar-refractivity contribution in [2.24, 2.45) is 0 Å². The van der Waals surface area contributed by atoms with Gasteiger partial charge in [-0.05, 0) is 6.07 Å². The molecule has 0 bridgehead atoms. The maximum Gasteiger partial charge on any atom is 0.267 e. The molecular formula is C13H11N3O2S2. The predicted molar refractivity (Wildman–Crippen MR) is 80.5 cm³/mol. The highest BCUT2D eigenvalue weighted by molar-refractivity contribution is 8.11. The van der Waals surface area contributed by atoms with E-state index in [-0.39, 0.29) is 0 Å². The molecule has 0 atom stereocenters. The smallest absolute Gasteiger partial charge is 0.267 e. The lowest BCUT2D eigenvalue weighted by atomic mass is 10.1. The van der Waals surface area contributed by atoms with E-state index in [1.54, 1.807) is 25.0 Å². The van der Waals surface area contributed by atoms with Crippen molar-refractivity contribution in [1.82, 2.24) is 10.2 Å². The maximum absolute atomic E-state index is 12.8. The fourth-order valence-electron chi connectivity index (χ4n) is 2.60. The number of para-hydroxylation sites is 1. The maximum atomic E-state index is 12.8. The summed E-state index contributed by atoms with van der Waals surface area (Å²) in [6.07, 6.45) is 1.70. The fraction of sp³-hybridized carbons (Fsp3) is 0.154. The highest BCUT2D eigenvalue weighted by Gasteiger charge is 2.39. The van der Waals surface area contributed by atoms with E-state index in [0.717, 1.165) is 27.5 Å². The van der Waals surface area contributed by atoms with Crippen LogP contribution in [0, 0.1) is 0 Å². The number of aromatic nitrogens is 2. The lowest BCUT2D eigenvalue weighted by Crippen LogP contribution is -2.32. The molecular weight excluding hydrogens is 294 g/mol. The Morgan fingerprint density at radius 3 is 3.00 bits per heavy atom. The van der Waals surface area contributed by atoms with Gasteiger partial charge in [-0.2, -0.15) is 5.10 Å². The number of hydrogen-bond donors (Lipinski definition) is 1. The SMILES string of the molecule is CN1c2ccccc2C2=C(c3[nH]ncc3CS2)S1(=O)=O. The minimum atomic E-state index is -3.54. The van der Waals surface area contributed by atoms with Crippen LogP contribution in [0.5, 0.6) is 0 Å². The van der Waals surface area contributed by atoms with E-state index >= 15 is 0 Å². The largest absolute Gasteiger partial charge is 0.277 e. The van der Waals surface area contributed by atoms with Crippen molar-refractivity contribution in [3.63, 3.8) is 0 Å². The van der Waals surface area contributed by atoms with Crippen LogP contribution in [0.25, 0.3) is 9.81 Å². The molecule has 4 rings (SSSR count). The molecule has 0 saturated heterocycles. The van der Waals surface area contributed by atoms with E-state index in [1.807, 2.05) is 24.3 Å². The van der Waals surface area contributed by atoms with Crippen LogP contribution in [0.4, 0.5) is 5.69 Å². The Kier molecular flexibility index (Phi) is 2.34. The monoisotopic (exact) mass is 305 g/mol. The molecule has 2 aromatic rings. The van der Waals surface area contributed by atoms with Crippen molar-refractivity contribution in [2.45, 2.75) is 5.75 Å². The zero-order valence-electron chi connectivity index (χ0n) is 10.6. The number of H-pyrrole nitrogens is 1. The first-order valence-electron chi connectivity index (χ1n) is 6.09. The second-order valence-electron chi connectivity index (χ2n) is 4.71. The van der Waals surface area contributed by atoms with Crippen LogP contribution in [-0.4, -0.2) is 25.7 Å². The highest BCUT2D eigenvalue weighted by Crippen LogP contribution is 2.51. The Labute approximate surface area is 120 Å². The number of sulfonamides is 1. The topological polar surface area (TPSA) is 66.1 Å². The zero-order valence-corrected chi connectivity index (χ0v) is 12.3. The number of hydrogen-bond acceptors (Lipinski definition) is 4. The van der Waals surface area contributed by atoms with E-state index in [1.165, 1.54) is 4.31 Å². The van der Waals surface area contributed by atoms with Crippen molar-refractivity contribution in [1.29, 1.82) is 0 Å². The molecule has 0 fully saturated rings. The number of anilines is 1. The number of rotatable bonds is 0. The number of aromatic amines is 1. The molecule has 0 unspecified atom stereocenters. The standard InChI is InChI=1S/C13H11N3O2S2/c1-16-10-5-3-2-4-9(10)12-13(20(16,17)18)11-8(7-19-12)6-14-15-11/h2-6H,7H2,1H3,(H,14,15). The molecule has 3 heterocycles. The van der Waals surface area contributed by atoms with Crippen LogP contribution in [0.3, 0.4) is 0 Å². The van der Waals surface area contributed by atoms with Gasteiger partial charge in [-0.1, -0.05) is 18.2 Å². The third-order valence-corrected chi connectivity index (χ3v) is 6.77. The van der Waals surface area contributed by atoms with Crippen LogP contribution in [0.2, 0.25) is 0 Å². The summed E-state index contributed by atoms with van der Waals surface area (Å²) in [5.74, 6) is 0.734. The Balaban J connectivity index is 2.13. The van der Waals surface area contributed by atoms with E-state index in [2.05, 4.69) is 10.2 Å². The van der Waals surface area contributed by atoms with Crippen molar-refractivity contribution >= 4 is 37.3 Å². The van der Waals surface area contributed by atoms with Gasteiger partial charge >= 0.3 is 0 Å². The van der Waals surface area contributed by atoms with Crippen molar-refractivity contribution in [2.75, 3.05) is 11.4 Å². The van der Waals surface area contributed by atoms with Gasteiger partial charge in [0.1, 0.15) is 4.91 Å². The zero-order chi connectivity index (χ0) is 13.9. The third-order valence-electron chi connectivity index (χ3n) is 3.63. The highest BCUT2D eigenvalue weighted by atomic mass is 32.2. The third kappa shape index (κ3) is 1.39. The molecule has 1 aromatic carbocycles. The molecule has 0 amide bonds. The van der Waals surface area contributed by atoms with E-state index in [4.69, 9.17) is 0 Å². The summed E-state index contributed by atoms with van der Waals surface area (Å²) in [4.78, 5) is 1.16. The first-order valence-corrected chi connectivity index (χ1v) is 8.51. The van der Waals surface area contributed by atoms with Crippen LogP contribution >= 0.6 is 11.8 Å². The lowest BCUT2D eigenvalue weighted by Gasteiger charge is -2.32. The van der Waals surface area contributed by atoms with E-state index in [9.17, 15) is 8.42 Å². The Hall–Kier alpha value is -1.73. The first kappa shape index (κ1) is 12.0. The van der Waals surface area contributed by atoms with Crippen LogP contribution in [-0.2, 0) is 15.8 Å². The van der Waals surface area contributed by atoms with Gasteiger partial charge in [-0.3, -0.25) is 9.40 Å². The molecule has 5 nitrogen and oxygen atoms in total. The van der Waals surface area contributed by atoms with Crippen molar-refractivity contribution < 1.29 is 8.42 Å². The minimum Gasteiger partial charge on any atom is -0.277 e. The van der Waals surface area contributed by atoms with Gasteiger partial charge in [-0.15, -0.1) is 11.8 Å². The van der Waals surface area contributed by atoms with Crippen molar-refractivity contribution in [3.05, 3.63) is 47.3 Å². The Morgan fingerprint density at radius 2 is 2.15 bits per heavy atom. The van der Waals surface area contributed by atoms with Gasteiger partial charge < -0.3 is 0 Å². The number of thioether (sulfide) groups is 1. The minimum absolute atomic E-state index is 0.349. The lowest BCUT2D eigenvalue weighted by molar-refractivity contribution is 0.604. The summed E-state index contributed by atoms with van der Waals surface area (Å²) in [7, 11) is -1.95. The molecule has 1 aromatic heterocycles. The molecule has 1 N–H and O–H groups in total. The first-order chi connectivity index (χ1) is 9.60. The number of nitrogens with one attached hydrogen (secondary N) is 1. The van der Waals surface area contributed by atoms with Gasteiger partial charge in [0.25, 0.3) is 10.0 Å². The molecule has 0 saturated carbocycles. The number of nitrogens with zero attached hydrogens (tertiary/aromatic N) is 2. The fourth-order valence-corrected chi connectivity index (χ4v) is 5.64. The molecule has 102 valence electrons. The summed E-state index contributed by atoms with van der Waals surface area (Å²) < 4.78 is 26.9. The van der Waals surface area contributed by atoms with E-state index in [0.29, 0.717) is 10.6 Å². The average Bonchev–Trinajstić information content (AvgIpc) is 2.92. The van der Waals surface area contributed by atoms with Crippen LogP contribution < -0.4 is 4.31 Å². The van der Waals surface area contributed by atoms with Gasteiger partial charge in [0.2, 0.25) is 0 Å². The molecule has 0 spiro atoms. The summed E-state index contributed by atoms with van der Waals surface area (Å²) in [5.41, 5.74) is 3.25. The second-order valence-corrected chi connectivity index (χ2v) is 7.60. The Bertz CT molecular complexity index is 852. The van der Waals surface area contributed by atoms with Gasteiger partial charge in [0.05, 0.1) is 17.6 Å². The summed E-state index contributed by atoms with van der Waals surface area (Å²) >= 11 is 1.56. The molecule has 20 heavy (non-hydrogen) atoms. The predicted octanol–water partition coefficient (Wildman–Crippen LogP) is 2.26. The summed E-state index contributed by atoms with van der Waals surface area (Å²) in [6, 6.07) is 7.58. The number of benzene rings is 1. The summed E-state index contributed by atoms with van der Waals surface area (Å²) in [6.45, 7) is 0. The molecule has 7 heteroatoms. The second kappa shape index (κ2) is 3.89. The Morgan fingerprint density at radius 1 is 1.35 bits per heavy atom. The van der Waals surface area contributed by atoms with E-state index < -0.39 is 10.0 Å². The van der Waals surface area contributed by atoms with Crippen molar-refractivity contribution in [3.8, 4) is 0 Å². The molecule has 2 aliphatic heterocycles. The molecule has 2 aliphatic rings. The average molecular weight is 305 g/mol.